The molecule has 8 heteroatoms. The molecule has 1 aliphatic carbocycles. The van der Waals surface area contributed by atoms with E-state index in [9.17, 15) is 8.42 Å². The van der Waals surface area contributed by atoms with Crippen molar-refractivity contribution in [3.63, 3.8) is 0 Å². The van der Waals surface area contributed by atoms with Crippen LogP contribution in [0.4, 0.5) is 11.4 Å². The summed E-state index contributed by atoms with van der Waals surface area (Å²) in [4.78, 5) is 0. The van der Waals surface area contributed by atoms with Crippen molar-refractivity contribution in [1.82, 2.24) is 5.32 Å². The fourth-order valence-electron chi connectivity index (χ4n) is 3.16. The zero-order chi connectivity index (χ0) is 18.5. The summed E-state index contributed by atoms with van der Waals surface area (Å²) in [6.07, 6.45) is 6.63. The van der Waals surface area contributed by atoms with E-state index in [1.165, 1.54) is 30.5 Å². The maximum Gasteiger partial charge on any atom is 0.231 e. The van der Waals surface area contributed by atoms with Crippen LogP contribution in [0.25, 0.3) is 0 Å². The second kappa shape index (κ2) is 8.33. The number of hydrogen-bond donors (Lipinski definition) is 2. The minimum absolute atomic E-state index is 0.0126. The lowest BCUT2D eigenvalue weighted by molar-refractivity contribution is 0.163. The Hall–Kier alpha value is -1.38. The molecule has 0 bridgehead atoms. The molecule has 0 amide bonds. The summed E-state index contributed by atoms with van der Waals surface area (Å²) < 4.78 is 29.9. The minimum atomic E-state index is -3.30. The summed E-state index contributed by atoms with van der Waals surface area (Å²) in [5, 5.41) is 7.19. The van der Waals surface area contributed by atoms with E-state index in [4.69, 9.17) is 17.0 Å². The van der Waals surface area contributed by atoms with E-state index in [0.29, 0.717) is 17.4 Å². The third kappa shape index (κ3) is 5.55. The predicted octanol–water partition coefficient (Wildman–Crippen LogP) is 2.72. The smallest absolute Gasteiger partial charge is 0.231 e. The number of ether oxygens (including phenoxy) is 1. The van der Waals surface area contributed by atoms with Gasteiger partial charge in [-0.05, 0) is 49.7 Å². The van der Waals surface area contributed by atoms with Gasteiger partial charge in [-0.25, -0.2) is 8.42 Å². The number of thiocarbonyl (C=S) groups is 1. The zero-order valence-electron chi connectivity index (χ0n) is 15.0. The average molecular weight is 386 g/mol. The molecule has 1 aromatic rings. The Labute approximate surface area is 156 Å². The molecule has 6 nitrogen and oxygen atoms in total. The maximum atomic E-state index is 11.7. The summed E-state index contributed by atoms with van der Waals surface area (Å²) in [5.41, 5.74) is 1.33. The molecule has 0 unspecified atom stereocenters. The van der Waals surface area contributed by atoms with Crippen LogP contribution in [-0.4, -0.2) is 46.1 Å². The van der Waals surface area contributed by atoms with Gasteiger partial charge in [-0.15, -0.1) is 0 Å². The van der Waals surface area contributed by atoms with Crippen LogP contribution in [0.3, 0.4) is 0 Å². The Kier molecular flexibility index (Phi) is 6.65. The largest absolute Gasteiger partial charge is 0.385 e. The van der Waals surface area contributed by atoms with Crippen molar-refractivity contribution < 1.29 is 13.2 Å². The van der Waals surface area contributed by atoms with Gasteiger partial charge >= 0.3 is 0 Å². The maximum absolute atomic E-state index is 11.7. The molecule has 1 aromatic carbocycles. The van der Waals surface area contributed by atoms with E-state index < -0.39 is 10.0 Å². The fourth-order valence-corrected chi connectivity index (χ4v) is 3.99. The van der Waals surface area contributed by atoms with Crippen LogP contribution in [0, 0.1) is 0 Å². The van der Waals surface area contributed by atoms with Crippen molar-refractivity contribution >= 4 is 38.7 Å². The first kappa shape index (κ1) is 19.9. The van der Waals surface area contributed by atoms with E-state index in [1.54, 1.807) is 25.3 Å². The van der Waals surface area contributed by atoms with Crippen LogP contribution in [0.15, 0.2) is 24.3 Å². The van der Waals surface area contributed by atoms with Gasteiger partial charge in [-0.1, -0.05) is 18.9 Å². The Bertz CT molecular complexity index is 701. The number of hydrogen-bond acceptors (Lipinski definition) is 4. The molecule has 140 valence electrons. The molecule has 0 radical (unpaired) electrons. The molecule has 0 spiro atoms. The quantitative estimate of drug-likeness (QED) is 0.703. The molecule has 2 N–H and O–H groups in total. The molecule has 1 saturated carbocycles. The van der Waals surface area contributed by atoms with Crippen LogP contribution in [0.5, 0.6) is 0 Å². The van der Waals surface area contributed by atoms with Crippen LogP contribution >= 0.6 is 12.2 Å². The highest BCUT2D eigenvalue weighted by Crippen LogP contribution is 2.32. The number of anilines is 2. The Morgan fingerprint density at radius 2 is 2.04 bits per heavy atom. The first-order valence-electron chi connectivity index (χ1n) is 8.38. The van der Waals surface area contributed by atoms with Gasteiger partial charge in [-0.3, -0.25) is 4.31 Å². The van der Waals surface area contributed by atoms with Gasteiger partial charge in [0.25, 0.3) is 0 Å². The summed E-state index contributed by atoms with van der Waals surface area (Å²) in [6, 6.07) is 7.19. The standard InChI is InChI=1S/C17H27N3O3S2/c1-20(25(3,21)22)15-8-6-7-14(13-15)18-16(24)19-17(11-12-23-2)9-4-5-10-17/h6-8,13H,4-5,9-12H2,1-3H3,(H2,18,19,24). The van der Waals surface area contributed by atoms with E-state index in [0.717, 1.165) is 24.9 Å². The van der Waals surface area contributed by atoms with Gasteiger partial charge in [0.05, 0.1) is 11.9 Å². The van der Waals surface area contributed by atoms with Crippen LogP contribution < -0.4 is 14.9 Å². The lowest BCUT2D eigenvalue weighted by Gasteiger charge is -2.31. The second-order valence-electron chi connectivity index (χ2n) is 6.59. The second-order valence-corrected chi connectivity index (χ2v) is 9.01. The minimum Gasteiger partial charge on any atom is -0.385 e. The van der Waals surface area contributed by atoms with E-state index >= 15 is 0 Å². The Balaban J connectivity index is 2.05. The Morgan fingerprint density at radius 3 is 2.64 bits per heavy atom. The highest BCUT2D eigenvalue weighted by Gasteiger charge is 2.34. The van der Waals surface area contributed by atoms with Gasteiger partial charge in [-0.2, -0.15) is 0 Å². The third-order valence-electron chi connectivity index (χ3n) is 4.69. The molecule has 25 heavy (non-hydrogen) atoms. The predicted molar refractivity (Wildman–Crippen MR) is 107 cm³/mol. The average Bonchev–Trinajstić information content (AvgIpc) is 3.00. The number of sulfonamides is 1. The first-order chi connectivity index (χ1) is 11.8. The molecule has 0 aromatic heterocycles. The normalized spacial score (nSPS) is 16.4. The number of nitrogens with zero attached hydrogens (tertiary/aromatic N) is 1. The monoisotopic (exact) mass is 385 g/mol. The number of nitrogens with one attached hydrogen (secondary N) is 2. The number of benzene rings is 1. The van der Waals surface area contributed by atoms with Crippen LogP contribution in [-0.2, 0) is 14.8 Å². The lowest BCUT2D eigenvalue weighted by Crippen LogP contribution is -2.48. The lowest BCUT2D eigenvalue weighted by atomic mass is 9.94. The molecule has 0 heterocycles. The van der Waals surface area contributed by atoms with Gasteiger partial charge in [0.15, 0.2) is 5.11 Å². The summed E-state index contributed by atoms with van der Waals surface area (Å²) in [7, 11) is -0.0543. The van der Waals surface area contributed by atoms with E-state index in [2.05, 4.69) is 10.6 Å². The first-order valence-corrected chi connectivity index (χ1v) is 10.6. The highest BCUT2D eigenvalue weighted by atomic mass is 32.2. The fraction of sp³-hybridized carbons (Fsp3) is 0.588. The molecule has 1 fully saturated rings. The third-order valence-corrected chi connectivity index (χ3v) is 6.10. The zero-order valence-corrected chi connectivity index (χ0v) is 16.7. The Morgan fingerprint density at radius 1 is 1.36 bits per heavy atom. The molecule has 2 rings (SSSR count). The SMILES string of the molecule is COCCC1(NC(=S)Nc2cccc(N(C)S(C)(=O)=O)c2)CCCC1. The molecule has 0 aliphatic heterocycles. The van der Waals surface area contributed by atoms with Crippen molar-refractivity contribution in [2.24, 2.45) is 0 Å². The molecular formula is C17H27N3O3S2. The van der Waals surface area contributed by atoms with E-state index in [1.807, 2.05) is 6.07 Å². The summed E-state index contributed by atoms with van der Waals surface area (Å²) >= 11 is 5.48. The van der Waals surface area contributed by atoms with Crippen molar-refractivity contribution in [2.75, 3.05) is 36.6 Å². The van der Waals surface area contributed by atoms with Crippen molar-refractivity contribution in [3.05, 3.63) is 24.3 Å². The van der Waals surface area contributed by atoms with Crippen LogP contribution in [0.2, 0.25) is 0 Å². The summed E-state index contributed by atoms with van der Waals surface area (Å²) in [5.74, 6) is 0. The molecule has 0 atom stereocenters. The highest BCUT2D eigenvalue weighted by molar-refractivity contribution is 7.92. The molecular weight excluding hydrogens is 358 g/mol. The molecule has 0 saturated heterocycles. The van der Waals surface area contributed by atoms with Crippen molar-refractivity contribution in [3.8, 4) is 0 Å². The van der Waals surface area contributed by atoms with Gasteiger partial charge in [0, 0.05) is 32.0 Å². The van der Waals surface area contributed by atoms with E-state index in [-0.39, 0.29) is 5.54 Å². The molecule has 1 aliphatic rings. The topological polar surface area (TPSA) is 70.7 Å². The van der Waals surface area contributed by atoms with Gasteiger partial charge in [0.1, 0.15) is 0 Å². The van der Waals surface area contributed by atoms with Gasteiger partial charge in [0.2, 0.25) is 10.0 Å². The van der Waals surface area contributed by atoms with Crippen LogP contribution in [0.1, 0.15) is 32.1 Å². The van der Waals surface area contributed by atoms with Crippen molar-refractivity contribution in [1.29, 1.82) is 0 Å². The summed E-state index contributed by atoms with van der Waals surface area (Å²) in [6.45, 7) is 0.699. The van der Waals surface area contributed by atoms with Gasteiger partial charge < -0.3 is 15.4 Å². The van der Waals surface area contributed by atoms with Crippen molar-refractivity contribution in [2.45, 2.75) is 37.6 Å². The number of rotatable bonds is 7. The number of methoxy groups -OCH3 is 1.